The lowest BCUT2D eigenvalue weighted by atomic mass is 9.98. The number of nitrogens with zero attached hydrogens (tertiary/aromatic N) is 2. The highest BCUT2D eigenvalue weighted by molar-refractivity contribution is 6.28. The SMILES string of the molecule is N=Cc1c(Nc2ccccc2)ccc2c1c1ccc3ccc4ccccc4c3c1n2-c1ccccc1-c1ccccn1. The molecule has 0 bridgehead atoms. The molecule has 0 aliphatic carbocycles. The number of aromatic nitrogens is 2. The molecule has 0 atom stereocenters. The standard InChI is InChI=1S/C38H26N4/c39-24-31-33(41-27-11-2-1-3-12-27)21-22-35-37(31)30-20-19-26-18-17-25-10-4-5-13-28(25)36(26)38(30)42(35)34-16-7-6-14-29(34)32-15-8-9-23-40-32/h1-24,39,41H. The Morgan fingerprint density at radius 1 is 0.619 bits per heavy atom. The molecule has 8 aromatic rings. The van der Waals surface area contributed by atoms with Crippen LogP contribution in [0.1, 0.15) is 5.56 Å². The molecule has 4 heteroatoms. The van der Waals surface area contributed by atoms with Crippen molar-refractivity contribution in [3.63, 3.8) is 0 Å². The van der Waals surface area contributed by atoms with Crippen LogP contribution in [0.4, 0.5) is 11.4 Å². The summed E-state index contributed by atoms with van der Waals surface area (Å²) >= 11 is 0. The van der Waals surface area contributed by atoms with Gasteiger partial charge in [0.25, 0.3) is 0 Å². The predicted octanol–water partition coefficient (Wildman–Crippen LogP) is 9.89. The lowest BCUT2D eigenvalue weighted by Crippen LogP contribution is -2.00. The van der Waals surface area contributed by atoms with E-state index in [1.54, 1.807) is 0 Å². The highest BCUT2D eigenvalue weighted by Gasteiger charge is 2.22. The smallest absolute Gasteiger partial charge is 0.0723 e. The minimum absolute atomic E-state index is 0.856. The van der Waals surface area contributed by atoms with Crippen molar-refractivity contribution < 1.29 is 0 Å². The van der Waals surface area contributed by atoms with Crippen LogP contribution in [0.25, 0.3) is 60.3 Å². The molecule has 42 heavy (non-hydrogen) atoms. The summed E-state index contributed by atoms with van der Waals surface area (Å²) in [5, 5.41) is 19.1. The molecule has 198 valence electrons. The minimum Gasteiger partial charge on any atom is -0.355 e. The molecule has 6 aromatic carbocycles. The largest absolute Gasteiger partial charge is 0.355 e. The molecule has 0 saturated heterocycles. The van der Waals surface area contributed by atoms with Gasteiger partial charge in [-0.1, -0.05) is 91.0 Å². The summed E-state index contributed by atoms with van der Waals surface area (Å²) in [6, 6.07) is 46.3. The van der Waals surface area contributed by atoms with Gasteiger partial charge in [-0.05, 0) is 58.6 Å². The second-order valence-corrected chi connectivity index (χ2v) is 10.5. The van der Waals surface area contributed by atoms with E-state index in [9.17, 15) is 0 Å². The summed E-state index contributed by atoms with van der Waals surface area (Å²) in [6.45, 7) is 0. The molecule has 0 spiro atoms. The molecule has 2 heterocycles. The minimum atomic E-state index is 0.856. The Balaban J connectivity index is 1.56. The van der Waals surface area contributed by atoms with Crippen LogP contribution in [-0.2, 0) is 0 Å². The number of hydrogen-bond acceptors (Lipinski definition) is 3. The zero-order valence-electron chi connectivity index (χ0n) is 22.8. The first kappa shape index (κ1) is 24.1. The van der Waals surface area contributed by atoms with Crippen LogP contribution in [0, 0.1) is 5.41 Å². The molecular weight excluding hydrogens is 512 g/mol. The average Bonchev–Trinajstić information content (AvgIpc) is 3.40. The summed E-state index contributed by atoms with van der Waals surface area (Å²) in [4.78, 5) is 4.73. The van der Waals surface area contributed by atoms with E-state index in [4.69, 9.17) is 10.4 Å². The molecule has 0 saturated carbocycles. The van der Waals surface area contributed by atoms with Crippen molar-refractivity contribution in [1.29, 1.82) is 5.41 Å². The predicted molar refractivity (Wildman–Crippen MR) is 177 cm³/mol. The molecule has 0 fully saturated rings. The third-order valence-corrected chi connectivity index (χ3v) is 8.12. The van der Waals surface area contributed by atoms with Gasteiger partial charge in [0.2, 0.25) is 0 Å². The van der Waals surface area contributed by atoms with Gasteiger partial charge >= 0.3 is 0 Å². The number of anilines is 2. The molecule has 2 aromatic heterocycles. The Hall–Kier alpha value is -5.74. The molecule has 0 aliphatic heterocycles. The summed E-state index contributed by atoms with van der Waals surface area (Å²) < 4.78 is 2.38. The fourth-order valence-corrected chi connectivity index (χ4v) is 6.30. The summed E-state index contributed by atoms with van der Waals surface area (Å²) in [6.07, 6.45) is 3.32. The molecule has 0 amide bonds. The first-order valence-electron chi connectivity index (χ1n) is 14.1. The monoisotopic (exact) mass is 538 g/mol. The van der Waals surface area contributed by atoms with E-state index in [1.165, 1.54) is 27.8 Å². The van der Waals surface area contributed by atoms with E-state index in [0.29, 0.717) is 0 Å². The number of hydrogen-bond donors (Lipinski definition) is 2. The number of benzene rings is 6. The summed E-state index contributed by atoms with van der Waals surface area (Å²) in [5.41, 5.74) is 7.94. The Kier molecular flexibility index (Phi) is 5.57. The lowest BCUT2D eigenvalue weighted by molar-refractivity contribution is 1.18. The van der Waals surface area contributed by atoms with E-state index in [1.807, 2.05) is 48.7 Å². The molecular formula is C38H26N4. The highest BCUT2D eigenvalue weighted by atomic mass is 15.0. The Bertz CT molecular complexity index is 2280. The lowest BCUT2D eigenvalue weighted by Gasteiger charge is -2.16. The topological polar surface area (TPSA) is 53.7 Å². The molecule has 0 aliphatic rings. The van der Waals surface area contributed by atoms with Gasteiger partial charge in [0, 0.05) is 51.1 Å². The quantitative estimate of drug-likeness (QED) is 0.169. The van der Waals surface area contributed by atoms with Gasteiger partial charge in [-0.2, -0.15) is 0 Å². The fraction of sp³-hybridized carbons (Fsp3) is 0. The Morgan fingerprint density at radius 2 is 1.38 bits per heavy atom. The van der Waals surface area contributed by atoms with Gasteiger partial charge in [-0.3, -0.25) is 4.98 Å². The van der Waals surface area contributed by atoms with Gasteiger partial charge in [-0.15, -0.1) is 0 Å². The second-order valence-electron chi connectivity index (χ2n) is 10.5. The van der Waals surface area contributed by atoms with E-state index in [2.05, 4.69) is 101 Å². The van der Waals surface area contributed by atoms with Crippen molar-refractivity contribution >= 4 is 60.9 Å². The maximum absolute atomic E-state index is 8.61. The number of fused-ring (bicyclic) bond motifs is 7. The van der Waals surface area contributed by atoms with E-state index >= 15 is 0 Å². The number of nitrogens with one attached hydrogen (secondary N) is 2. The highest BCUT2D eigenvalue weighted by Crippen LogP contribution is 2.43. The van der Waals surface area contributed by atoms with Gasteiger partial charge < -0.3 is 15.3 Å². The number of para-hydroxylation sites is 2. The zero-order chi connectivity index (χ0) is 28.0. The van der Waals surface area contributed by atoms with Crippen LogP contribution >= 0.6 is 0 Å². The molecule has 8 rings (SSSR count). The van der Waals surface area contributed by atoms with Gasteiger partial charge in [0.15, 0.2) is 0 Å². The van der Waals surface area contributed by atoms with Crippen molar-refractivity contribution in [1.82, 2.24) is 9.55 Å². The van der Waals surface area contributed by atoms with Gasteiger partial charge in [-0.25, -0.2) is 0 Å². The average molecular weight is 539 g/mol. The molecule has 2 N–H and O–H groups in total. The van der Waals surface area contributed by atoms with E-state index in [0.717, 1.165) is 55.7 Å². The van der Waals surface area contributed by atoms with Gasteiger partial charge in [0.1, 0.15) is 0 Å². The fourth-order valence-electron chi connectivity index (χ4n) is 6.30. The van der Waals surface area contributed by atoms with Crippen molar-refractivity contribution in [3.05, 3.63) is 145 Å². The van der Waals surface area contributed by atoms with E-state index < -0.39 is 0 Å². The molecule has 4 nitrogen and oxygen atoms in total. The first-order valence-corrected chi connectivity index (χ1v) is 14.1. The van der Waals surface area contributed by atoms with Crippen molar-refractivity contribution in [2.75, 3.05) is 5.32 Å². The Labute approximate surface area is 243 Å². The normalized spacial score (nSPS) is 11.4. The third-order valence-electron chi connectivity index (χ3n) is 8.12. The maximum atomic E-state index is 8.61. The van der Waals surface area contributed by atoms with Gasteiger partial charge in [0.05, 0.1) is 22.4 Å². The number of pyridine rings is 1. The zero-order valence-corrected chi connectivity index (χ0v) is 22.8. The van der Waals surface area contributed by atoms with Crippen LogP contribution < -0.4 is 5.32 Å². The molecule has 0 unspecified atom stereocenters. The van der Waals surface area contributed by atoms with Crippen LogP contribution in [-0.4, -0.2) is 15.8 Å². The summed E-state index contributed by atoms with van der Waals surface area (Å²) in [7, 11) is 0. The summed E-state index contributed by atoms with van der Waals surface area (Å²) in [5.74, 6) is 0. The van der Waals surface area contributed by atoms with E-state index in [-0.39, 0.29) is 0 Å². The van der Waals surface area contributed by atoms with Crippen molar-refractivity contribution in [2.24, 2.45) is 0 Å². The van der Waals surface area contributed by atoms with Crippen LogP contribution in [0.3, 0.4) is 0 Å². The van der Waals surface area contributed by atoms with Crippen LogP contribution in [0.15, 0.2) is 140 Å². The molecule has 0 radical (unpaired) electrons. The second kappa shape index (κ2) is 9.72. The van der Waals surface area contributed by atoms with Crippen LogP contribution in [0.5, 0.6) is 0 Å². The maximum Gasteiger partial charge on any atom is 0.0723 e. The van der Waals surface area contributed by atoms with Crippen molar-refractivity contribution in [2.45, 2.75) is 0 Å². The van der Waals surface area contributed by atoms with Crippen LogP contribution in [0.2, 0.25) is 0 Å². The Morgan fingerprint density at radius 3 is 2.24 bits per heavy atom. The first-order chi connectivity index (χ1) is 20.8. The third kappa shape index (κ3) is 3.70. The number of rotatable bonds is 5. The van der Waals surface area contributed by atoms with Crippen molar-refractivity contribution in [3.8, 4) is 16.9 Å².